The molecule has 1 fully saturated rings. The van der Waals surface area contributed by atoms with E-state index in [-0.39, 0.29) is 11.4 Å². The first kappa shape index (κ1) is 22.3. The molecule has 4 aromatic rings. The number of carbonyl (C=O) groups is 1. The number of pyridine rings is 3. The molecule has 4 aromatic heterocycles. The van der Waals surface area contributed by atoms with Crippen molar-refractivity contribution in [3.8, 4) is 11.1 Å². The van der Waals surface area contributed by atoms with Crippen molar-refractivity contribution in [2.24, 2.45) is 0 Å². The molecule has 34 heavy (non-hydrogen) atoms. The number of fused-ring (bicyclic) bond motifs is 1. The van der Waals surface area contributed by atoms with Gasteiger partial charge in [0, 0.05) is 55.7 Å². The predicted molar refractivity (Wildman–Crippen MR) is 125 cm³/mol. The summed E-state index contributed by atoms with van der Waals surface area (Å²) < 4.78 is 40.3. The molecule has 5 rings (SSSR count). The van der Waals surface area contributed by atoms with Crippen LogP contribution < -0.4 is 4.90 Å². The van der Waals surface area contributed by atoms with Gasteiger partial charge in [-0.2, -0.15) is 24.5 Å². The largest absolute Gasteiger partial charge is 0.433 e. The number of rotatable bonds is 3. The molecule has 0 spiro atoms. The van der Waals surface area contributed by atoms with Crippen LogP contribution in [-0.2, 0) is 6.18 Å². The summed E-state index contributed by atoms with van der Waals surface area (Å²) in [7, 11) is 0. The summed E-state index contributed by atoms with van der Waals surface area (Å²) in [5, 5.41) is 4.29. The number of nitrogens with zero attached hydrogens (tertiary/aromatic N) is 5. The highest BCUT2D eigenvalue weighted by Crippen LogP contribution is 2.36. The van der Waals surface area contributed by atoms with E-state index in [1.54, 1.807) is 35.6 Å². The summed E-state index contributed by atoms with van der Waals surface area (Å²) in [5.41, 5.74) is 1.21. The minimum atomic E-state index is -4.54. The van der Waals surface area contributed by atoms with Gasteiger partial charge in [0.15, 0.2) is 0 Å². The molecule has 1 aliphatic heterocycles. The van der Waals surface area contributed by atoms with Gasteiger partial charge < -0.3 is 9.80 Å². The number of carbonyl (C=O) groups excluding carboxylic acids is 1. The van der Waals surface area contributed by atoms with E-state index in [0.29, 0.717) is 54.9 Å². The van der Waals surface area contributed by atoms with Crippen LogP contribution in [-0.4, -0.2) is 51.9 Å². The molecule has 0 radical (unpaired) electrons. The molecule has 6 nitrogen and oxygen atoms in total. The quantitative estimate of drug-likeness (QED) is 0.405. The topological polar surface area (TPSA) is 62.2 Å². The fourth-order valence-corrected chi connectivity index (χ4v) is 4.80. The number of amides is 1. The van der Waals surface area contributed by atoms with Gasteiger partial charge in [0.05, 0.1) is 11.1 Å². The van der Waals surface area contributed by atoms with E-state index in [4.69, 9.17) is 0 Å². The Morgan fingerprint density at radius 1 is 1.03 bits per heavy atom. The molecule has 0 saturated carbocycles. The van der Waals surface area contributed by atoms with Crippen LogP contribution in [0.3, 0.4) is 0 Å². The number of anilines is 1. The van der Waals surface area contributed by atoms with Crippen LogP contribution in [0.5, 0.6) is 0 Å². The number of thiophene rings is 1. The van der Waals surface area contributed by atoms with Crippen molar-refractivity contribution in [3.05, 3.63) is 70.9 Å². The summed E-state index contributed by atoms with van der Waals surface area (Å²) in [6.45, 7) is 2.17. The van der Waals surface area contributed by atoms with Gasteiger partial charge in [-0.25, -0.2) is 9.97 Å². The first-order chi connectivity index (χ1) is 16.4. The Balaban J connectivity index is 1.49. The lowest BCUT2D eigenvalue weighted by Gasteiger charge is -2.24. The molecule has 1 saturated heterocycles. The Morgan fingerprint density at radius 3 is 2.65 bits per heavy atom. The SMILES string of the molecule is O=C(c1cccnc1)N1CCCN(c2ncc(-c3ccsc3)c3nc(C(F)(F)F)ccc23)CC1. The van der Waals surface area contributed by atoms with Crippen molar-refractivity contribution in [3.63, 3.8) is 0 Å². The van der Waals surface area contributed by atoms with E-state index in [9.17, 15) is 18.0 Å². The fourth-order valence-electron chi connectivity index (χ4n) is 4.14. The van der Waals surface area contributed by atoms with Gasteiger partial charge in [-0.1, -0.05) is 0 Å². The maximum atomic E-state index is 13.4. The van der Waals surface area contributed by atoms with E-state index in [0.717, 1.165) is 11.6 Å². The highest BCUT2D eigenvalue weighted by Gasteiger charge is 2.33. The van der Waals surface area contributed by atoms with Crippen LogP contribution in [0.4, 0.5) is 19.0 Å². The Labute approximate surface area is 197 Å². The van der Waals surface area contributed by atoms with Crippen molar-refractivity contribution < 1.29 is 18.0 Å². The standard InChI is InChI=1S/C24H20F3N5OS/c25-24(26,27)20-5-4-18-21(30-20)19(17-6-12-34-15-17)14-29-22(18)31-8-2-9-32(11-10-31)23(33)16-3-1-7-28-13-16/h1,3-7,12-15H,2,8-11H2. The molecular weight excluding hydrogens is 463 g/mol. The van der Waals surface area contributed by atoms with Gasteiger partial charge in [0.2, 0.25) is 0 Å². The van der Waals surface area contributed by atoms with Gasteiger partial charge >= 0.3 is 6.18 Å². The number of hydrogen-bond donors (Lipinski definition) is 0. The maximum absolute atomic E-state index is 13.4. The van der Waals surface area contributed by atoms with Crippen molar-refractivity contribution >= 4 is 34.0 Å². The molecule has 0 aromatic carbocycles. The third-order valence-electron chi connectivity index (χ3n) is 5.82. The fraction of sp³-hybridized carbons (Fsp3) is 0.250. The third kappa shape index (κ3) is 4.33. The Kier molecular flexibility index (Phi) is 5.91. The number of hydrogen-bond acceptors (Lipinski definition) is 6. The van der Waals surface area contributed by atoms with E-state index in [1.807, 2.05) is 21.7 Å². The van der Waals surface area contributed by atoms with E-state index < -0.39 is 11.9 Å². The average Bonchev–Trinajstić information content (AvgIpc) is 3.27. The van der Waals surface area contributed by atoms with E-state index >= 15 is 0 Å². The van der Waals surface area contributed by atoms with Gasteiger partial charge in [-0.15, -0.1) is 0 Å². The van der Waals surface area contributed by atoms with Crippen molar-refractivity contribution in [2.45, 2.75) is 12.6 Å². The van der Waals surface area contributed by atoms with Gasteiger partial charge in [0.25, 0.3) is 5.91 Å². The first-order valence-electron chi connectivity index (χ1n) is 10.8. The van der Waals surface area contributed by atoms with E-state index in [2.05, 4.69) is 15.0 Å². The highest BCUT2D eigenvalue weighted by molar-refractivity contribution is 7.08. The molecule has 0 N–H and O–H groups in total. The van der Waals surface area contributed by atoms with Crippen molar-refractivity contribution in [2.75, 3.05) is 31.1 Å². The van der Waals surface area contributed by atoms with Crippen LogP contribution >= 0.6 is 11.3 Å². The smallest absolute Gasteiger partial charge is 0.354 e. The molecule has 0 unspecified atom stereocenters. The molecule has 1 amide bonds. The minimum absolute atomic E-state index is 0.0861. The lowest BCUT2D eigenvalue weighted by atomic mass is 10.1. The zero-order valence-electron chi connectivity index (χ0n) is 18.0. The lowest BCUT2D eigenvalue weighted by molar-refractivity contribution is -0.140. The third-order valence-corrected chi connectivity index (χ3v) is 6.50. The molecular formula is C24H20F3N5OS. The summed E-state index contributed by atoms with van der Waals surface area (Å²) in [6, 6.07) is 7.76. The van der Waals surface area contributed by atoms with Crippen LogP contribution in [0.2, 0.25) is 0 Å². The predicted octanol–water partition coefficient (Wildman–Crippen LogP) is 5.12. The molecule has 1 aliphatic rings. The summed E-state index contributed by atoms with van der Waals surface area (Å²) >= 11 is 1.46. The molecule has 0 aliphatic carbocycles. The Bertz CT molecular complexity index is 1310. The zero-order chi connectivity index (χ0) is 23.7. The summed E-state index contributed by atoms with van der Waals surface area (Å²) in [4.78, 5) is 29.3. The average molecular weight is 484 g/mol. The second-order valence-corrected chi connectivity index (χ2v) is 8.75. The number of aromatic nitrogens is 3. The summed E-state index contributed by atoms with van der Waals surface area (Å²) in [6.07, 6.45) is 0.925. The minimum Gasteiger partial charge on any atom is -0.354 e. The van der Waals surface area contributed by atoms with Gasteiger partial charge in [0.1, 0.15) is 11.5 Å². The van der Waals surface area contributed by atoms with Gasteiger partial charge in [-0.05, 0) is 53.1 Å². The molecule has 174 valence electrons. The normalized spacial score (nSPS) is 14.9. The molecule has 0 atom stereocenters. The molecule has 10 heteroatoms. The van der Waals surface area contributed by atoms with Crippen LogP contribution in [0.25, 0.3) is 22.0 Å². The monoisotopic (exact) mass is 483 g/mol. The van der Waals surface area contributed by atoms with Crippen LogP contribution in [0, 0.1) is 0 Å². The first-order valence-corrected chi connectivity index (χ1v) is 11.7. The lowest BCUT2D eigenvalue weighted by Crippen LogP contribution is -2.35. The Hall–Kier alpha value is -3.53. The molecule has 0 bridgehead atoms. The zero-order valence-corrected chi connectivity index (χ0v) is 18.8. The maximum Gasteiger partial charge on any atom is 0.433 e. The van der Waals surface area contributed by atoms with E-state index in [1.165, 1.54) is 17.4 Å². The highest BCUT2D eigenvalue weighted by atomic mass is 32.1. The number of halogens is 3. The second kappa shape index (κ2) is 9.02. The van der Waals surface area contributed by atoms with Crippen LogP contribution in [0.15, 0.2) is 59.7 Å². The van der Waals surface area contributed by atoms with Crippen molar-refractivity contribution in [1.82, 2.24) is 19.9 Å². The molecule has 5 heterocycles. The summed E-state index contributed by atoms with van der Waals surface area (Å²) in [5.74, 6) is 0.489. The van der Waals surface area contributed by atoms with Gasteiger partial charge in [-0.3, -0.25) is 9.78 Å². The van der Waals surface area contributed by atoms with Crippen LogP contribution in [0.1, 0.15) is 22.5 Å². The second-order valence-electron chi connectivity index (χ2n) is 7.97. The number of alkyl halides is 3. The Morgan fingerprint density at radius 2 is 1.91 bits per heavy atom. The van der Waals surface area contributed by atoms with Crippen molar-refractivity contribution in [1.29, 1.82) is 0 Å².